The summed E-state index contributed by atoms with van der Waals surface area (Å²) >= 11 is 0. The van der Waals surface area contributed by atoms with E-state index in [4.69, 9.17) is 0 Å². The van der Waals surface area contributed by atoms with Gasteiger partial charge >= 0.3 is 0 Å². The monoisotopic (exact) mass is 256 g/mol. The highest BCUT2D eigenvalue weighted by Crippen LogP contribution is 2.25. The third-order valence-corrected chi connectivity index (χ3v) is 3.39. The second-order valence-electron chi connectivity index (χ2n) is 5.57. The fourth-order valence-corrected chi connectivity index (χ4v) is 2.02. The SMILES string of the molecule is CC(C)CNCC(O)CN1C(=O)C(C)C(C)C1=O. The van der Waals surface area contributed by atoms with Crippen LogP contribution in [-0.2, 0) is 9.59 Å². The molecule has 0 aromatic heterocycles. The van der Waals surface area contributed by atoms with Gasteiger partial charge in [0.25, 0.3) is 0 Å². The lowest BCUT2D eigenvalue weighted by molar-refractivity contribution is -0.141. The first kappa shape index (κ1) is 15.1. The number of aliphatic hydroxyl groups excluding tert-OH is 1. The summed E-state index contributed by atoms with van der Waals surface area (Å²) < 4.78 is 0. The average molecular weight is 256 g/mol. The normalized spacial score (nSPS) is 26.2. The predicted molar refractivity (Wildman–Crippen MR) is 68.8 cm³/mol. The second-order valence-corrected chi connectivity index (χ2v) is 5.57. The Labute approximate surface area is 109 Å². The third kappa shape index (κ3) is 3.53. The van der Waals surface area contributed by atoms with Gasteiger partial charge in [0.2, 0.25) is 11.8 Å². The van der Waals surface area contributed by atoms with Crippen LogP contribution in [0.1, 0.15) is 27.7 Å². The van der Waals surface area contributed by atoms with E-state index in [1.54, 1.807) is 13.8 Å². The van der Waals surface area contributed by atoms with Crippen molar-refractivity contribution in [2.45, 2.75) is 33.8 Å². The van der Waals surface area contributed by atoms with Crippen molar-refractivity contribution in [3.63, 3.8) is 0 Å². The van der Waals surface area contributed by atoms with Crippen LogP contribution in [0, 0.1) is 17.8 Å². The van der Waals surface area contributed by atoms with E-state index < -0.39 is 6.10 Å². The van der Waals surface area contributed by atoms with E-state index in [1.807, 2.05) is 0 Å². The molecule has 104 valence electrons. The molecule has 5 heteroatoms. The minimum atomic E-state index is -0.700. The van der Waals surface area contributed by atoms with Crippen LogP contribution < -0.4 is 5.32 Å². The number of β-amino-alcohol motifs (C(OH)–C–C–N with tert-alkyl or cyclic N) is 1. The molecule has 0 aromatic rings. The summed E-state index contributed by atoms with van der Waals surface area (Å²) in [6.07, 6.45) is -0.700. The topological polar surface area (TPSA) is 69.6 Å². The van der Waals surface area contributed by atoms with E-state index in [2.05, 4.69) is 19.2 Å². The van der Waals surface area contributed by atoms with Gasteiger partial charge in [0.15, 0.2) is 0 Å². The van der Waals surface area contributed by atoms with Crippen LogP contribution in [0.5, 0.6) is 0 Å². The molecular formula is C13H24N2O3. The van der Waals surface area contributed by atoms with Crippen LogP contribution in [0.4, 0.5) is 0 Å². The quantitative estimate of drug-likeness (QED) is 0.668. The van der Waals surface area contributed by atoms with E-state index in [-0.39, 0.29) is 30.2 Å². The molecule has 0 bridgehead atoms. The minimum absolute atomic E-state index is 0.0947. The van der Waals surface area contributed by atoms with Gasteiger partial charge in [-0.25, -0.2) is 0 Å². The summed E-state index contributed by atoms with van der Waals surface area (Å²) in [7, 11) is 0. The van der Waals surface area contributed by atoms with Gasteiger partial charge in [-0.1, -0.05) is 27.7 Å². The third-order valence-electron chi connectivity index (χ3n) is 3.39. The number of carbonyl (C=O) groups excluding carboxylic acids is 2. The molecule has 1 rings (SSSR count). The lowest BCUT2D eigenvalue weighted by Crippen LogP contribution is -2.42. The van der Waals surface area contributed by atoms with Crippen molar-refractivity contribution in [2.24, 2.45) is 17.8 Å². The number of hydrogen-bond donors (Lipinski definition) is 2. The fourth-order valence-electron chi connectivity index (χ4n) is 2.02. The number of likely N-dealkylation sites (tertiary alicyclic amines) is 1. The zero-order chi connectivity index (χ0) is 13.9. The molecule has 0 saturated carbocycles. The fraction of sp³-hybridized carbons (Fsp3) is 0.846. The van der Waals surface area contributed by atoms with Gasteiger partial charge in [0.05, 0.1) is 12.6 Å². The Morgan fingerprint density at radius 3 is 2.11 bits per heavy atom. The number of carbonyl (C=O) groups is 2. The van der Waals surface area contributed by atoms with Crippen molar-refractivity contribution in [3.05, 3.63) is 0 Å². The lowest BCUT2D eigenvalue weighted by atomic mass is 10.00. The van der Waals surface area contributed by atoms with E-state index in [9.17, 15) is 14.7 Å². The van der Waals surface area contributed by atoms with Crippen LogP contribution >= 0.6 is 0 Å². The molecule has 0 spiro atoms. The highest BCUT2D eigenvalue weighted by molar-refractivity contribution is 6.04. The summed E-state index contributed by atoms with van der Waals surface area (Å²) in [5.74, 6) is -0.375. The molecule has 3 atom stereocenters. The Morgan fingerprint density at radius 1 is 1.17 bits per heavy atom. The van der Waals surface area contributed by atoms with Gasteiger partial charge in [-0.05, 0) is 12.5 Å². The Balaban J connectivity index is 2.42. The summed E-state index contributed by atoms with van der Waals surface area (Å²) in [4.78, 5) is 24.8. The van der Waals surface area contributed by atoms with Gasteiger partial charge in [-0.2, -0.15) is 0 Å². The predicted octanol–water partition coefficient (Wildman–Crippen LogP) is 0.234. The molecule has 1 aliphatic heterocycles. The smallest absolute Gasteiger partial charge is 0.232 e. The van der Waals surface area contributed by atoms with Crippen LogP contribution in [0.25, 0.3) is 0 Å². The molecule has 1 aliphatic rings. The lowest BCUT2D eigenvalue weighted by Gasteiger charge is -2.19. The number of rotatable bonds is 6. The van der Waals surface area contributed by atoms with E-state index in [0.29, 0.717) is 12.5 Å². The molecule has 5 nitrogen and oxygen atoms in total. The maximum atomic E-state index is 11.8. The average Bonchev–Trinajstić information content (AvgIpc) is 2.46. The standard InChI is InChI=1S/C13H24N2O3/c1-8(2)5-14-6-11(16)7-15-12(17)9(3)10(4)13(15)18/h8-11,14,16H,5-7H2,1-4H3. The molecule has 1 heterocycles. The van der Waals surface area contributed by atoms with Gasteiger partial charge in [0.1, 0.15) is 0 Å². The summed E-state index contributed by atoms with van der Waals surface area (Å²) in [5, 5.41) is 12.9. The first-order chi connectivity index (χ1) is 8.34. The largest absolute Gasteiger partial charge is 0.390 e. The van der Waals surface area contributed by atoms with Crippen molar-refractivity contribution in [3.8, 4) is 0 Å². The van der Waals surface area contributed by atoms with Crippen molar-refractivity contribution in [1.29, 1.82) is 0 Å². The Morgan fingerprint density at radius 2 is 1.67 bits per heavy atom. The van der Waals surface area contributed by atoms with Crippen molar-refractivity contribution in [2.75, 3.05) is 19.6 Å². The number of nitrogens with one attached hydrogen (secondary N) is 1. The van der Waals surface area contributed by atoms with Gasteiger partial charge in [-0.15, -0.1) is 0 Å². The molecule has 1 fully saturated rings. The summed E-state index contributed by atoms with van der Waals surface area (Å²) in [5.41, 5.74) is 0. The molecule has 18 heavy (non-hydrogen) atoms. The molecule has 2 amide bonds. The van der Waals surface area contributed by atoms with Crippen LogP contribution in [0.15, 0.2) is 0 Å². The van der Waals surface area contributed by atoms with E-state index >= 15 is 0 Å². The van der Waals surface area contributed by atoms with E-state index in [1.165, 1.54) is 4.90 Å². The van der Waals surface area contributed by atoms with Crippen LogP contribution in [0.2, 0.25) is 0 Å². The molecule has 1 saturated heterocycles. The van der Waals surface area contributed by atoms with E-state index in [0.717, 1.165) is 6.54 Å². The number of amides is 2. The number of hydrogen-bond acceptors (Lipinski definition) is 4. The molecule has 0 radical (unpaired) electrons. The molecule has 2 N–H and O–H groups in total. The molecule has 0 aromatic carbocycles. The molecule has 3 unspecified atom stereocenters. The van der Waals surface area contributed by atoms with Crippen molar-refractivity contribution >= 4 is 11.8 Å². The van der Waals surface area contributed by atoms with Gasteiger partial charge in [0, 0.05) is 18.4 Å². The second kappa shape index (κ2) is 6.29. The number of nitrogens with zero attached hydrogens (tertiary/aromatic N) is 1. The first-order valence-electron chi connectivity index (χ1n) is 6.58. The summed E-state index contributed by atoms with van der Waals surface area (Å²) in [6, 6.07) is 0. The number of imide groups is 1. The van der Waals surface area contributed by atoms with Crippen LogP contribution in [-0.4, -0.2) is 47.6 Å². The minimum Gasteiger partial charge on any atom is -0.390 e. The highest BCUT2D eigenvalue weighted by Gasteiger charge is 2.42. The number of aliphatic hydroxyl groups is 1. The maximum absolute atomic E-state index is 11.8. The Bertz CT molecular complexity index is 297. The first-order valence-corrected chi connectivity index (χ1v) is 6.58. The maximum Gasteiger partial charge on any atom is 0.232 e. The summed E-state index contributed by atoms with van der Waals surface area (Å²) in [6.45, 7) is 8.98. The van der Waals surface area contributed by atoms with Crippen LogP contribution in [0.3, 0.4) is 0 Å². The zero-order valence-electron chi connectivity index (χ0n) is 11.6. The molecule has 0 aliphatic carbocycles. The molecular weight excluding hydrogens is 232 g/mol. The van der Waals surface area contributed by atoms with Gasteiger partial charge < -0.3 is 10.4 Å². The van der Waals surface area contributed by atoms with Gasteiger partial charge in [-0.3, -0.25) is 14.5 Å². The Hall–Kier alpha value is -0.940. The van der Waals surface area contributed by atoms with Crippen molar-refractivity contribution in [1.82, 2.24) is 10.2 Å². The van der Waals surface area contributed by atoms with Crippen molar-refractivity contribution < 1.29 is 14.7 Å². The Kier molecular flexibility index (Phi) is 5.28. The zero-order valence-corrected chi connectivity index (χ0v) is 11.6. The highest BCUT2D eigenvalue weighted by atomic mass is 16.3.